The molecular formula is C15H22N2O3. The van der Waals surface area contributed by atoms with Crippen LogP contribution in [0.3, 0.4) is 0 Å². The van der Waals surface area contributed by atoms with Crippen LogP contribution in [0.5, 0.6) is 0 Å². The average molecular weight is 278 g/mol. The first-order valence-electron chi connectivity index (χ1n) is 7.62. The van der Waals surface area contributed by atoms with E-state index in [0.29, 0.717) is 24.1 Å². The van der Waals surface area contributed by atoms with Gasteiger partial charge < -0.3 is 9.63 Å². The summed E-state index contributed by atoms with van der Waals surface area (Å²) in [6.45, 7) is 2.19. The van der Waals surface area contributed by atoms with Crippen molar-refractivity contribution in [2.75, 3.05) is 0 Å². The van der Waals surface area contributed by atoms with Crippen LogP contribution >= 0.6 is 0 Å². The topological polar surface area (TPSA) is 76.2 Å². The van der Waals surface area contributed by atoms with E-state index < -0.39 is 5.97 Å². The van der Waals surface area contributed by atoms with Crippen LogP contribution in [0, 0.1) is 11.3 Å². The zero-order chi connectivity index (χ0) is 14.2. The number of nitrogens with zero attached hydrogens (tertiary/aromatic N) is 2. The summed E-state index contributed by atoms with van der Waals surface area (Å²) in [6.07, 6.45) is 7.29. The Bertz CT molecular complexity index is 491. The van der Waals surface area contributed by atoms with Gasteiger partial charge >= 0.3 is 5.97 Å². The van der Waals surface area contributed by atoms with E-state index in [1.54, 1.807) is 0 Å². The fourth-order valence-electron chi connectivity index (χ4n) is 3.53. The SMILES string of the molecule is CC1CC1c1noc(CC2(CC(=O)O)CCCCC2)n1. The van der Waals surface area contributed by atoms with Crippen molar-refractivity contribution in [1.82, 2.24) is 10.1 Å². The molecule has 1 N–H and O–H groups in total. The lowest BCUT2D eigenvalue weighted by Gasteiger charge is -2.34. The summed E-state index contributed by atoms with van der Waals surface area (Å²) in [7, 11) is 0. The summed E-state index contributed by atoms with van der Waals surface area (Å²) in [5.41, 5.74) is -0.178. The number of hydrogen-bond acceptors (Lipinski definition) is 4. The fraction of sp³-hybridized carbons (Fsp3) is 0.800. The van der Waals surface area contributed by atoms with Gasteiger partial charge in [0.15, 0.2) is 5.82 Å². The number of carboxylic acid groups (broad SMARTS) is 1. The zero-order valence-electron chi connectivity index (χ0n) is 12.0. The summed E-state index contributed by atoms with van der Waals surface area (Å²) >= 11 is 0. The van der Waals surface area contributed by atoms with Crippen LogP contribution in [-0.2, 0) is 11.2 Å². The molecule has 110 valence electrons. The molecule has 0 aromatic carbocycles. The minimum absolute atomic E-state index is 0.178. The van der Waals surface area contributed by atoms with E-state index in [4.69, 9.17) is 4.52 Å². The molecule has 5 nitrogen and oxygen atoms in total. The van der Waals surface area contributed by atoms with Gasteiger partial charge in [0, 0.05) is 12.3 Å². The summed E-state index contributed by atoms with van der Waals surface area (Å²) < 4.78 is 5.37. The second-order valence-corrected chi connectivity index (χ2v) is 6.67. The Hall–Kier alpha value is -1.39. The first-order chi connectivity index (χ1) is 9.58. The summed E-state index contributed by atoms with van der Waals surface area (Å²) in [4.78, 5) is 15.7. The number of aromatic nitrogens is 2. The van der Waals surface area contributed by atoms with Crippen LogP contribution in [0.15, 0.2) is 4.52 Å². The van der Waals surface area contributed by atoms with Gasteiger partial charge in [0.2, 0.25) is 5.89 Å². The first kappa shape index (κ1) is 13.6. The Balaban J connectivity index is 1.72. The second kappa shape index (κ2) is 5.19. The van der Waals surface area contributed by atoms with Gasteiger partial charge in [0.05, 0.1) is 6.42 Å². The van der Waals surface area contributed by atoms with Crippen molar-refractivity contribution in [3.8, 4) is 0 Å². The molecule has 0 aliphatic heterocycles. The highest BCUT2D eigenvalue weighted by Crippen LogP contribution is 2.46. The zero-order valence-corrected chi connectivity index (χ0v) is 12.0. The van der Waals surface area contributed by atoms with Crippen molar-refractivity contribution in [1.29, 1.82) is 0 Å². The molecule has 2 fully saturated rings. The Morgan fingerprint density at radius 2 is 2.10 bits per heavy atom. The van der Waals surface area contributed by atoms with Gasteiger partial charge in [0.1, 0.15) is 0 Å². The van der Waals surface area contributed by atoms with E-state index in [2.05, 4.69) is 17.1 Å². The van der Waals surface area contributed by atoms with Gasteiger partial charge in [-0.2, -0.15) is 4.98 Å². The number of carbonyl (C=O) groups is 1. The Kier molecular flexibility index (Phi) is 3.52. The lowest BCUT2D eigenvalue weighted by molar-refractivity contribution is -0.140. The largest absolute Gasteiger partial charge is 0.481 e. The van der Waals surface area contributed by atoms with Gasteiger partial charge in [-0.3, -0.25) is 4.79 Å². The Morgan fingerprint density at radius 3 is 2.70 bits per heavy atom. The highest BCUT2D eigenvalue weighted by atomic mass is 16.5. The summed E-state index contributed by atoms with van der Waals surface area (Å²) in [6, 6.07) is 0. The van der Waals surface area contributed by atoms with E-state index in [0.717, 1.165) is 37.9 Å². The molecule has 1 heterocycles. The standard InChI is InChI=1S/C15H22N2O3/c1-10-7-11(10)14-16-12(20-17-14)8-15(9-13(18)19)5-3-2-4-6-15/h10-11H,2-9H2,1H3,(H,18,19). The molecule has 3 rings (SSSR count). The van der Waals surface area contributed by atoms with Gasteiger partial charge in [-0.05, 0) is 30.6 Å². The average Bonchev–Trinajstić information content (AvgIpc) is 2.94. The van der Waals surface area contributed by atoms with Gasteiger partial charge in [-0.25, -0.2) is 0 Å². The monoisotopic (exact) mass is 278 g/mol. The number of hydrogen-bond donors (Lipinski definition) is 1. The molecule has 2 atom stereocenters. The number of carboxylic acids is 1. The van der Waals surface area contributed by atoms with Crippen LogP contribution < -0.4 is 0 Å². The molecule has 5 heteroatoms. The van der Waals surface area contributed by atoms with E-state index in [1.807, 2.05) is 0 Å². The van der Waals surface area contributed by atoms with Gasteiger partial charge in [0.25, 0.3) is 0 Å². The van der Waals surface area contributed by atoms with Gasteiger partial charge in [-0.1, -0.05) is 31.3 Å². The molecule has 0 amide bonds. The van der Waals surface area contributed by atoms with Crippen molar-refractivity contribution >= 4 is 5.97 Å². The molecule has 0 bridgehead atoms. The molecule has 1 aromatic heterocycles. The molecular weight excluding hydrogens is 256 g/mol. The number of aliphatic carboxylic acids is 1. The molecule has 2 aliphatic rings. The van der Waals surface area contributed by atoms with Crippen LogP contribution in [0.2, 0.25) is 0 Å². The highest BCUT2D eigenvalue weighted by Gasteiger charge is 2.40. The molecule has 1 aromatic rings. The normalized spacial score (nSPS) is 28.2. The molecule has 2 unspecified atom stereocenters. The number of rotatable bonds is 5. The third-order valence-electron chi connectivity index (χ3n) is 4.89. The maximum Gasteiger partial charge on any atom is 0.303 e. The van der Waals surface area contributed by atoms with E-state index in [1.165, 1.54) is 6.42 Å². The molecule has 0 saturated heterocycles. The van der Waals surface area contributed by atoms with Crippen LogP contribution in [0.1, 0.15) is 69.5 Å². The van der Waals surface area contributed by atoms with E-state index in [-0.39, 0.29) is 11.8 Å². The molecule has 2 saturated carbocycles. The minimum Gasteiger partial charge on any atom is -0.481 e. The quantitative estimate of drug-likeness (QED) is 0.895. The Labute approximate surface area is 118 Å². The van der Waals surface area contributed by atoms with Crippen molar-refractivity contribution in [2.45, 2.75) is 64.2 Å². The lowest BCUT2D eigenvalue weighted by Crippen LogP contribution is -2.29. The maximum absolute atomic E-state index is 11.2. The smallest absolute Gasteiger partial charge is 0.303 e. The van der Waals surface area contributed by atoms with Crippen LogP contribution in [0.4, 0.5) is 0 Å². The highest BCUT2D eigenvalue weighted by molar-refractivity contribution is 5.67. The lowest BCUT2D eigenvalue weighted by atomic mass is 9.69. The first-order valence-corrected chi connectivity index (χ1v) is 7.62. The van der Waals surface area contributed by atoms with Crippen molar-refractivity contribution in [3.05, 3.63) is 11.7 Å². The summed E-state index contributed by atoms with van der Waals surface area (Å²) in [5.74, 6) is 1.83. The Morgan fingerprint density at radius 1 is 1.40 bits per heavy atom. The summed E-state index contributed by atoms with van der Waals surface area (Å²) in [5, 5.41) is 13.3. The third-order valence-corrected chi connectivity index (χ3v) is 4.89. The molecule has 20 heavy (non-hydrogen) atoms. The second-order valence-electron chi connectivity index (χ2n) is 6.67. The van der Waals surface area contributed by atoms with E-state index in [9.17, 15) is 9.90 Å². The third kappa shape index (κ3) is 2.86. The van der Waals surface area contributed by atoms with Crippen molar-refractivity contribution < 1.29 is 14.4 Å². The predicted octanol–water partition coefficient (Wildman–Crippen LogP) is 3.16. The molecule has 0 spiro atoms. The van der Waals surface area contributed by atoms with Crippen LogP contribution in [-0.4, -0.2) is 21.2 Å². The van der Waals surface area contributed by atoms with E-state index >= 15 is 0 Å². The molecule has 0 radical (unpaired) electrons. The molecule has 2 aliphatic carbocycles. The van der Waals surface area contributed by atoms with Crippen molar-refractivity contribution in [2.24, 2.45) is 11.3 Å². The van der Waals surface area contributed by atoms with Crippen molar-refractivity contribution in [3.63, 3.8) is 0 Å². The minimum atomic E-state index is -0.720. The van der Waals surface area contributed by atoms with Gasteiger partial charge in [-0.15, -0.1) is 0 Å². The maximum atomic E-state index is 11.2. The fourth-order valence-corrected chi connectivity index (χ4v) is 3.53. The van der Waals surface area contributed by atoms with Crippen LogP contribution in [0.25, 0.3) is 0 Å². The predicted molar refractivity (Wildman–Crippen MR) is 72.3 cm³/mol.